The average Bonchev–Trinajstić information content (AvgIpc) is 2.70. The number of sulfonamides is 1. The fraction of sp³-hybridized carbons (Fsp3) is 0.480. The Morgan fingerprint density at radius 2 is 1.39 bits per heavy atom. The summed E-state index contributed by atoms with van der Waals surface area (Å²) in [4.78, 5) is 5.09. The number of nitrogens with zero attached hydrogens (tertiary/aromatic N) is 1. The smallest absolute Gasteiger partial charge is 0.262 e. The average molecular weight is 459 g/mol. The van der Waals surface area contributed by atoms with Crippen LogP contribution in [0.25, 0.3) is 0 Å². The van der Waals surface area contributed by atoms with E-state index in [1.807, 2.05) is 49.4 Å². The first-order valence-electron chi connectivity index (χ1n) is 11.2. The van der Waals surface area contributed by atoms with E-state index < -0.39 is 18.1 Å². The van der Waals surface area contributed by atoms with Crippen molar-refractivity contribution in [3.8, 4) is 0 Å². The molecule has 4 nitrogen and oxygen atoms in total. The van der Waals surface area contributed by atoms with Crippen LogP contribution < -0.4 is 4.72 Å². The van der Waals surface area contributed by atoms with Gasteiger partial charge in [-0.2, -0.15) is 0 Å². The number of nitrogens with one attached hydrogen (secondary N) is 1. The summed E-state index contributed by atoms with van der Waals surface area (Å²) >= 11 is 0. The molecular weight excluding hydrogens is 420 g/mol. The Morgan fingerprint density at radius 1 is 0.871 bits per heavy atom. The number of benzene rings is 2. The highest BCUT2D eigenvalue weighted by atomic mass is 32.2. The molecule has 0 bridgehead atoms. The van der Waals surface area contributed by atoms with Crippen molar-refractivity contribution in [3.05, 3.63) is 65.7 Å². The van der Waals surface area contributed by atoms with E-state index in [9.17, 15) is 8.42 Å². The predicted octanol–water partition coefficient (Wildman–Crippen LogP) is 6.55. The van der Waals surface area contributed by atoms with Crippen LogP contribution in [-0.2, 0) is 16.6 Å². The lowest BCUT2D eigenvalue weighted by Gasteiger charge is -2.43. The van der Waals surface area contributed by atoms with E-state index >= 15 is 0 Å². The number of aryl methyl sites for hydroxylation is 1. The van der Waals surface area contributed by atoms with Crippen molar-refractivity contribution in [2.75, 3.05) is 0 Å². The van der Waals surface area contributed by atoms with Crippen molar-refractivity contribution < 1.29 is 8.42 Å². The Kier molecular flexibility index (Phi) is 8.66. The summed E-state index contributed by atoms with van der Waals surface area (Å²) < 4.78 is 29.2. The van der Waals surface area contributed by atoms with Gasteiger partial charge < -0.3 is 0 Å². The first-order chi connectivity index (χ1) is 14.5. The second-order valence-electron chi connectivity index (χ2n) is 9.42. The van der Waals surface area contributed by atoms with Crippen molar-refractivity contribution in [3.63, 3.8) is 0 Å². The lowest BCUT2D eigenvalue weighted by atomic mass is 10.2. The van der Waals surface area contributed by atoms with Gasteiger partial charge in [-0.15, -0.1) is 0 Å². The van der Waals surface area contributed by atoms with E-state index in [2.05, 4.69) is 46.3 Å². The third kappa shape index (κ3) is 6.29. The van der Waals surface area contributed by atoms with E-state index in [0.717, 1.165) is 17.2 Å². The molecule has 0 unspecified atom stereocenters. The minimum atomic E-state index is -3.69. The van der Waals surface area contributed by atoms with Gasteiger partial charge in [-0.05, 0) is 24.6 Å². The van der Waals surface area contributed by atoms with Gasteiger partial charge in [-0.25, -0.2) is 8.42 Å². The summed E-state index contributed by atoms with van der Waals surface area (Å²) in [6, 6.07) is 17.7. The zero-order chi connectivity index (χ0) is 23.2. The molecule has 0 fully saturated rings. The quantitative estimate of drug-likeness (QED) is 0.263. The van der Waals surface area contributed by atoms with Gasteiger partial charge in [0.05, 0.1) is 19.5 Å². The standard InChI is InChI=1S/C25H38N2O2SSi/c1-19(2)31(20(3)4,21(5)6)18-25(26-17-23-11-9-8-10-12-23)27-30(28,29)24-15-13-22(7)14-16-24/h8-16,19-21H,17-18H2,1-7H3,(H,26,27). The highest BCUT2D eigenvalue weighted by Crippen LogP contribution is 2.44. The van der Waals surface area contributed by atoms with Gasteiger partial charge in [-0.3, -0.25) is 9.71 Å². The number of hydrogen-bond donors (Lipinski definition) is 1. The summed E-state index contributed by atoms with van der Waals surface area (Å²) in [5.74, 6) is 0.590. The summed E-state index contributed by atoms with van der Waals surface area (Å²) in [6.07, 6.45) is 0. The van der Waals surface area contributed by atoms with Crippen molar-refractivity contribution in [1.82, 2.24) is 4.72 Å². The van der Waals surface area contributed by atoms with E-state index in [0.29, 0.717) is 29.0 Å². The van der Waals surface area contributed by atoms with Crippen molar-refractivity contribution in [2.24, 2.45) is 4.99 Å². The van der Waals surface area contributed by atoms with Gasteiger partial charge in [-0.1, -0.05) is 106 Å². The van der Waals surface area contributed by atoms with Crippen LogP contribution in [0.3, 0.4) is 0 Å². The largest absolute Gasteiger partial charge is 0.267 e. The topological polar surface area (TPSA) is 58.5 Å². The lowest BCUT2D eigenvalue weighted by Crippen LogP contribution is -2.49. The van der Waals surface area contributed by atoms with Crippen molar-refractivity contribution >= 4 is 23.9 Å². The number of amidine groups is 1. The van der Waals surface area contributed by atoms with E-state index in [1.165, 1.54) is 0 Å². The Labute approximate surface area is 190 Å². The second-order valence-corrected chi connectivity index (χ2v) is 17.1. The highest BCUT2D eigenvalue weighted by molar-refractivity contribution is 7.90. The maximum absolute atomic E-state index is 13.2. The number of aliphatic imine (C=N–C) groups is 1. The Hall–Kier alpha value is -1.92. The lowest BCUT2D eigenvalue weighted by molar-refractivity contribution is 0.592. The van der Waals surface area contributed by atoms with E-state index in [4.69, 9.17) is 4.99 Å². The molecule has 0 atom stereocenters. The first-order valence-corrected chi connectivity index (χ1v) is 15.1. The Bertz CT molecular complexity index is 945. The molecular formula is C25H38N2O2SSi. The summed E-state index contributed by atoms with van der Waals surface area (Å²) in [5.41, 5.74) is 3.64. The molecule has 0 spiro atoms. The van der Waals surface area contributed by atoms with Crippen molar-refractivity contribution in [1.29, 1.82) is 0 Å². The second kappa shape index (κ2) is 10.6. The zero-order valence-corrected chi connectivity index (χ0v) is 21.8. The summed E-state index contributed by atoms with van der Waals surface area (Å²) in [6.45, 7) is 16.1. The normalized spacial score (nSPS) is 13.3. The van der Waals surface area contributed by atoms with Crippen LogP contribution in [-0.4, -0.2) is 22.3 Å². The molecule has 0 heterocycles. The molecule has 1 N–H and O–H groups in total. The van der Waals surface area contributed by atoms with Gasteiger partial charge in [0.15, 0.2) is 0 Å². The third-order valence-corrected chi connectivity index (χ3v) is 15.4. The molecule has 2 rings (SSSR count). The molecule has 2 aromatic rings. The van der Waals surface area contributed by atoms with Gasteiger partial charge in [0.25, 0.3) is 10.0 Å². The summed E-state index contributed by atoms with van der Waals surface area (Å²) in [7, 11) is -5.58. The van der Waals surface area contributed by atoms with E-state index in [-0.39, 0.29) is 4.90 Å². The van der Waals surface area contributed by atoms with Crippen LogP contribution in [0.4, 0.5) is 0 Å². The van der Waals surface area contributed by atoms with Crippen molar-refractivity contribution in [2.45, 2.75) is 82.6 Å². The van der Waals surface area contributed by atoms with Crippen LogP contribution in [0.15, 0.2) is 64.5 Å². The third-order valence-electron chi connectivity index (χ3n) is 6.58. The fourth-order valence-electron chi connectivity index (χ4n) is 4.73. The highest BCUT2D eigenvalue weighted by Gasteiger charge is 2.44. The molecule has 170 valence electrons. The van der Waals surface area contributed by atoms with E-state index in [1.54, 1.807) is 12.1 Å². The molecule has 6 heteroatoms. The van der Waals surface area contributed by atoms with Crippen LogP contribution in [0.1, 0.15) is 52.7 Å². The molecule has 0 saturated carbocycles. The molecule has 31 heavy (non-hydrogen) atoms. The monoisotopic (exact) mass is 458 g/mol. The molecule has 0 amide bonds. The molecule has 0 aliphatic rings. The maximum atomic E-state index is 13.2. The molecule has 2 aromatic carbocycles. The van der Waals surface area contributed by atoms with Crippen LogP contribution >= 0.6 is 0 Å². The Balaban J connectivity index is 2.46. The first kappa shape index (κ1) is 25.3. The van der Waals surface area contributed by atoms with Gasteiger partial charge in [0.2, 0.25) is 0 Å². The Morgan fingerprint density at radius 3 is 1.87 bits per heavy atom. The molecule has 0 aliphatic carbocycles. The SMILES string of the molecule is Cc1ccc(S(=O)(=O)NC(C[Si](C(C)C)(C(C)C)C(C)C)=NCc2ccccc2)cc1. The minimum Gasteiger partial charge on any atom is -0.267 e. The van der Waals surface area contributed by atoms with Crippen LogP contribution in [0.2, 0.25) is 22.7 Å². The van der Waals surface area contributed by atoms with Gasteiger partial charge >= 0.3 is 0 Å². The van der Waals surface area contributed by atoms with Crippen LogP contribution in [0.5, 0.6) is 0 Å². The van der Waals surface area contributed by atoms with Gasteiger partial charge in [0, 0.05) is 6.04 Å². The number of rotatable bonds is 9. The predicted molar refractivity (Wildman–Crippen MR) is 135 cm³/mol. The zero-order valence-electron chi connectivity index (χ0n) is 20.0. The molecule has 0 aliphatic heterocycles. The van der Waals surface area contributed by atoms with Crippen LogP contribution in [0, 0.1) is 6.92 Å². The number of hydrogen-bond acceptors (Lipinski definition) is 3. The molecule has 0 saturated heterocycles. The maximum Gasteiger partial charge on any atom is 0.262 e. The molecule has 0 aromatic heterocycles. The minimum absolute atomic E-state index is 0.274. The molecule has 0 radical (unpaired) electrons. The summed E-state index contributed by atoms with van der Waals surface area (Å²) in [5, 5.41) is 0. The van der Waals surface area contributed by atoms with Gasteiger partial charge in [0.1, 0.15) is 5.84 Å². The fourth-order valence-corrected chi connectivity index (χ4v) is 11.9.